The fraction of sp³-hybridized carbons (Fsp3) is 0.143. The Bertz CT molecular complexity index is 1150. The molecule has 9 heteroatoms. The van der Waals surface area contributed by atoms with Crippen LogP contribution in [0.1, 0.15) is 18.1 Å². The van der Waals surface area contributed by atoms with Crippen molar-refractivity contribution in [1.82, 2.24) is 4.98 Å². The second kappa shape index (κ2) is 9.79. The summed E-state index contributed by atoms with van der Waals surface area (Å²) in [5, 5.41) is 24.2. The monoisotopic (exact) mass is 435 g/mol. The molecule has 7 nitrogen and oxygen atoms in total. The zero-order valence-electron chi connectivity index (χ0n) is 16.0. The Balaban J connectivity index is 1.82. The number of pyridine rings is 1. The van der Waals surface area contributed by atoms with Crippen molar-refractivity contribution >= 4 is 40.5 Å². The van der Waals surface area contributed by atoms with Gasteiger partial charge in [0.1, 0.15) is 34.3 Å². The normalized spacial score (nSPS) is 10.1. The molecule has 0 aliphatic heterocycles. The Morgan fingerprint density at radius 2 is 2.07 bits per heavy atom. The number of nitriles is 2. The molecule has 0 spiro atoms. The van der Waals surface area contributed by atoms with E-state index in [1.807, 2.05) is 36.6 Å². The average molecular weight is 436 g/mol. The summed E-state index contributed by atoms with van der Waals surface area (Å²) >= 11 is 2.49. The minimum Gasteiger partial charge on any atom is -0.494 e. The van der Waals surface area contributed by atoms with Gasteiger partial charge in [-0.05, 0) is 30.5 Å². The fourth-order valence-corrected chi connectivity index (χ4v) is 4.31. The number of anilines is 2. The van der Waals surface area contributed by atoms with Crippen molar-refractivity contribution in [3.05, 3.63) is 52.9 Å². The van der Waals surface area contributed by atoms with Crippen LogP contribution >= 0.6 is 23.1 Å². The van der Waals surface area contributed by atoms with Crippen LogP contribution in [-0.2, 0) is 4.79 Å². The van der Waals surface area contributed by atoms with Gasteiger partial charge in [0.05, 0.1) is 17.9 Å². The van der Waals surface area contributed by atoms with E-state index in [1.165, 1.54) is 11.3 Å². The van der Waals surface area contributed by atoms with Crippen molar-refractivity contribution in [1.29, 1.82) is 10.5 Å². The quantitative estimate of drug-likeness (QED) is 0.531. The van der Waals surface area contributed by atoms with E-state index in [9.17, 15) is 15.3 Å². The number of benzene rings is 1. The number of thioether (sulfide) groups is 1. The maximum atomic E-state index is 12.4. The molecule has 0 aliphatic rings. The van der Waals surface area contributed by atoms with Crippen LogP contribution in [0.25, 0.3) is 10.4 Å². The van der Waals surface area contributed by atoms with Crippen molar-refractivity contribution in [2.24, 2.45) is 0 Å². The first-order valence-electron chi connectivity index (χ1n) is 8.90. The summed E-state index contributed by atoms with van der Waals surface area (Å²) < 4.78 is 5.43. The molecule has 0 bridgehead atoms. The summed E-state index contributed by atoms with van der Waals surface area (Å²) in [6.45, 7) is 2.41. The van der Waals surface area contributed by atoms with Crippen molar-refractivity contribution in [2.45, 2.75) is 11.9 Å². The van der Waals surface area contributed by atoms with Crippen LogP contribution < -0.4 is 15.8 Å². The minimum atomic E-state index is -0.264. The van der Waals surface area contributed by atoms with E-state index in [2.05, 4.69) is 16.4 Å². The summed E-state index contributed by atoms with van der Waals surface area (Å²) in [7, 11) is 0. The first-order chi connectivity index (χ1) is 14.6. The van der Waals surface area contributed by atoms with Crippen LogP contribution in [0.15, 0.2) is 46.8 Å². The fourth-order valence-electron chi connectivity index (χ4n) is 2.73. The number of nitrogen functional groups attached to an aromatic ring is 1. The van der Waals surface area contributed by atoms with Crippen molar-refractivity contribution in [2.75, 3.05) is 23.4 Å². The van der Waals surface area contributed by atoms with Gasteiger partial charge in [0.15, 0.2) is 0 Å². The predicted octanol–water partition coefficient (Wildman–Crippen LogP) is 4.27. The topological polar surface area (TPSA) is 125 Å². The van der Waals surface area contributed by atoms with Gasteiger partial charge < -0.3 is 15.8 Å². The number of rotatable bonds is 7. The first-order valence-corrected chi connectivity index (χ1v) is 10.8. The molecule has 2 heterocycles. The number of amides is 1. The summed E-state index contributed by atoms with van der Waals surface area (Å²) in [6.07, 6.45) is 0. The molecule has 2 aromatic heterocycles. The molecular weight excluding hydrogens is 418 g/mol. The van der Waals surface area contributed by atoms with Crippen LogP contribution in [0, 0.1) is 22.7 Å². The smallest absolute Gasteiger partial charge is 0.234 e. The average Bonchev–Trinajstić information content (AvgIpc) is 3.26. The molecule has 3 N–H and O–H groups in total. The molecule has 0 atom stereocenters. The highest BCUT2D eigenvalue weighted by molar-refractivity contribution is 8.00. The second-order valence-corrected chi connectivity index (χ2v) is 7.84. The molecule has 0 saturated heterocycles. The molecule has 150 valence electrons. The van der Waals surface area contributed by atoms with Gasteiger partial charge in [-0.3, -0.25) is 4.79 Å². The highest BCUT2D eigenvalue weighted by Gasteiger charge is 2.21. The third-order valence-electron chi connectivity index (χ3n) is 3.95. The van der Waals surface area contributed by atoms with Crippen LogP contribution in [0.4, 0.5) is 11.5 Å². The molecule has 0 unspecified atom stereocenters. The number of nitrogens with one attached hydrogen (secondary N) is 1. The second-order valence-electron chi connectivity index (χ2n) is 5.93. The van der Waals surface area contributed by atoms with E-state index in [0.29, 0.717) is 28.6 Å². The van der Waals surface area contributed by atoms with E-state index in [4.69, 9.17) is 10.5 Å². The molecule has 0 radical (unpaired) electrons. The van der Waals surface area contributed by atoms with Gasteiger partial charge in [0, 0.05) is 22.2 Å². The van der Waals surface area contributed by atoms with E-state index < -0.39 is 0 Å². The number of carbonyl (C=O) groups excluding carboxylic acids is 1. The largest absolute Gasteiger partial charge is 0.494 e. The van der Waals surface area contributed by atoms with Gasteiger partial charge in [-0.15, -0.1) is 11.3 Å². The number of nitrogens with zero attached hydrogens (tertiary/aromatic N) is 3. The standard InChI is InChI=1S/C21H17N5O2S2/c1-2-28-14-6-3-5-13(9-14)25-18(27)12-30-21-16(11-23)19(17-7-4-8-29-17)15(10-22)20(24)26-21/h3-9H,2,12H2,1H3,(H2,24,26)(H,25,27). The van der Waals surface area contributed by atoms with Crippen LogP contribution in [0.2, 0.25) is 0 Å². The number of nitrogens with two attached hydrogens (primary N) is 1. The SMILES string of the molecule is CCOc1cccc(NC(=O)CSc2nc(N)c(C#N)c(-c3cccs3)c2C#N)c1. The highest BCUT2D eigenvalue weighted by Crippen LogP contribution is 2.37. The van der Waals surface area contributed by atoms with Gasteiger partial charge >= 0.3 is 0 Å². The number of aromatic nitrogens is 1. The zero-order chi connectivity index (χ0) is 21.5. The summed E-state index contributed by atoms with van der Waals surface area (Å²) in [6, 6.07) is 14.9. The molecule has 3 rings (SSSR count). The van der Waals surface area contributed by atoms with E-state index in [0.717, 1.165) is 16.6 Å². The lowest BCUT2D eigenvalue weighted by Gasteiger charge is -2.12. The summed E-state index contributed by atoms with van der Waals surface area (Å²) in [4.78, 5) is 17.4. The Labute approximate surface area is 182 Å². The van der Waals surface area contributed by atoms with Crippen LogP contribution in [0.3, 0.4) is 0 Å². The van der Waals surface area contributed by atoms with Gasteiger partial charge in [0.25, 0.3) is 0 Å². The number of carbonyl (C=O) groups is 1. The van der Waals surface area contributed by atoms with E-state index in [-0.39, 0.29) is 28.6 Å². The summed E-state index contributed by atoms with van der Waals surface area (Å²) in [5.41, 5.74) is 7.43. The van der Waals surface area contributed by atoms with Gasteiger partial charge in [-0.1, -0.05) is 23.9 Å². The van der Waals surface area contributed by atoms with Crippen molar-refractivity contribution in [3.63, 3.8) is 0 Å². The van der Waals surface area contributed by atoms with Crippen molar-refractivity contribution < 1.29 is 9.53 Å². The molecule has 0 fully saturated rings. The van der Waals surface area contributed by atoms with Crippen LogP contribution in [0.5, 0.6) is 5.75 Å². The van der Waals surface area contributed by atoms with Gasteiger partial charge in [-0.2, -0.15) is 10.5 Å². The lowest BCUT2D eigenvalue weighted by Crippen LogP contribution is -2.14. The molecule has 1 amide bonds. The number of ether oxygens (including phenoxy) is 1. The number of hydrogen-bond donors (Lipinski definition) is 2. The minimum absolute atomic E-state index is 0.0236. The molecule has 3 aromatic rings. The van der Waals surface area contributed by atoms with Crippen LogP contribution in [-0.4, -0.2) is 23.3 Å². The van der Waals surface area contributed by atoms with E-state index in [1.54, 1.807) is 18.2 Å². The van der Waals surface area contributed by atoms with Gasteiger partial charge in [-0.25, -0.2) is 4.98 Å². The Kier molecular flexibility index (Phi) is 6.91. The van der Waals surface area contributed by atoms with Crippen molar-refractivity contribution in [3.8, 4) is 28.3 Å². The third-order valence-corrected chi connectivity index (χ3v) is 5.81. The predicted molar refractivity (Wildman–Crippen MR) is 118 cm³/mol. The first kappa shape index (κ1) is 21.2. The Hall–Kier alpha value is -3.53. The maximum absolute atomic E-state index is 12.4. The highest BCUT2D eigenvalue weighted by atomic mass is 32.2. The molecule has 0 aliphatic carbocycles. The lowest BCUT2D eigenvalue weighted by atomic mass is 10.0. The maximum Gasteiger partial charge on any atom is 0.234 e. The van der Waals surface area contributed by atoms with Gasteiger partial charge in [0.2, 0.25) is 5.91 Å². The molecule has 1 aromatic carbocycles. The van der Waals surface area contributed by atoms with E-state index >= 15 is 0 Å². The summed E-state index contributed by atoms with van der Waals surface area (Å²) in [5.74, 6) is 0.458. The Morgan fingerprint density at radius 3 is 2.73 bits per heavy atom. The number of thiophene rings is 1. The molecule has 30 heavy (non-hydrogen) atoms. The number of hydrogen-bond acceptors (Lipinski definition) is 8. The lowest BCUT2D eigenvalue weighted by molar-refractivity contribution is -0.113. The zero-order valence-corrected chi connectivity index (χ0v) is 17.6. The molecule has 0 saturated carbocycles. The Morgan fingerprint density at radius 1 is 1.27 bits per heavy atom. The third kappa shape index (κ3) is 4.71. The molecular formula is C21H17N5O2S2.